The van der Waals surface area contributed by atoms with Crippen molar-refractivity contribution in [1.29, 1.82) is 0 Å². The lowest BCUT2D eigenvalue weighted by Gasteiger charge is -2.40. The van der Waals surface area contributed by atoms with Gasteiger partial charge >= 0.3 is 12.0 Å². The van der Waals surface area contributed by atoms with Crippen molar-refractivity contribution in [2.24, 2.45) is 5.92 Å². The number of anilines is 1. The molecule has 0 bridgehead atoms. The molecule has 0 saturated carbocycles. The molecular weight excluding hydrogens is 260 g/mol. The van der Waals surface area contributed by atoms with E-state index in [1.54, 1.807) is 30.0 Å². The molecule has 0 atom stereocenters. The Morgan fingerprint density at radius 3 is 2.75 bits per heavy atom. The third-order valence-electron chi connectivity index (χ3n) is 3.42. The molecule has 108 valence electrons. The van der Waals surface area contributed by atoms with Crippen LogP contribution in [-0.4, -0.2) is 49.3 Å². The van der Waals surface area contributed by atoms with E-state index in [0.29, 0.717) is 18.8 Å². The van der Waals surface area contributed by atoms with E-state index in [2.05, 4.69) is 0 Å². The van der Waals surface area contributed by atoms with E-state index in [1.165, 1.54) is 0 Å². The quantitative estimate of drug-likeness (QED) is 0.909. The standard InChI is InChI=1S/C14H18N2O4/c1-15(11-4-3-5-12(7-11)20-2)14(19)16-8-10(9-16)6-13(17)18/h3-5,7,10H,6,8-9H2,1-2H3,(H,17,18). The van der Waals surface area contributed by atoms with E-state index in [4.69, 9.17) is 9.84 Å². The van der Waals surface area contributed by atoms with Gasteiger partial charge in [0.2, 0.25) is 0 Å². The van der Waals surface area contributed by atoms with Crippen LogP contribution in [0.4, 0.5) is 10.5 Å². The Kier molecular flexibility index (Phi) is 4.12. The Labute approximate surface area is 117 Å². The molecule has 0 radical (unpaired) electrons. The third kappa shape index (κ3) is 3.01. The second kappa shape index (κ2) is 5.81. The van der Waals surface area contributed by atoms with Crippen LogP contribution >= 0.6 is 0 Å². The Bertz CT molecular complexity index is 512. The molecule has 0 spiro atoms. The average molecular weight is 278 g/mol. The van der Waals surface area contributed by atoms with E-state index < -0.39 is 5.97 Å². The molecule has 1 aromatic carbocycles. The zero-order valence-electron chi connectivity index (χ0n) is 11.6. The van der Waals surface area contributed by atoms with Gasteiger partial charge in [-0.05, 0) is 12.1 Å². The third-order valence-corrected chi connectivity index (χ3v) is 3.42. The Morgan fingerprint density at radius 2 is 2.15 bits per heavy atom. The fourth-order valence-electron chi connectivity index (χ4n) is 2.24. The molecule has 20 heavy (non-hydrogen) atoms. The number of likely N-dealkylation sites (tertiary alicyclic amines) is 1. The molecule has 2 amide bonds. The molecule has 1 aliphatic heterocycles. The normalized spacial score (nSPS) is 14.6. The summed E-state index contributed by atoms with van der Waals surface area (Å²) in [6, 6.07) is 7.12. The maximum Gasteiger partial charge on any atom is 0.324 e. The first-order valence-electron chi connectivity index (χ1n) is 6.39. The van der Waals surface area contributed by atoms with Crippen molar-refractivity contribution in [2.45, 2.75) is 6.42 Å². The van der Waals surface area contributed by atoms with Crippen molar-refractivity contribution < 1.29 is 19.4 Å². The second-order valence-electron chi connectivity index (χ2n) is 4.91. The first kappa shape index (κ1) is 14.2. The van der Waals surface area contributed by atoms with Gasteiger partial charge in [-0.15, -0.1) is 0 Å². The van der Waals surface area contributed by atoms with Crippen LogP contribution in [0, 0.1) is 5.92 Å². The average Bonchev–Trinajstić information content (AvgIpc) is 2.40. The highest BCUT2D eigenvalue weighted by molar-refractivity contribution is 5.92. The van der Waals surface area contributed by atoms with E-state index in [1.807, 2.05) is 18.2 Å². The zero-order valence-corrected chi connectivity index (χ0v) is 11.6. The first-order valence-corrected chi connectivity index (χ1v) is 6.39. The van der Waals surface area contributed by atoms with Crippen LogP contribution in [0.2, 0.25) is 0 Å². The van der Waals surface area contributed by atoms with Crippen LogP contribution < -0.4 is 9.64 Å². The fourth-order valence-corrected chi connectivity index (χ4v) is 2.24. The van der Waals surface area contributed by atoms with Gasteiger partial charge in [-0.1, -0.05) is 6.07 Å². The maximum atomic E-state index is 12.2. The van der Waals surface area contributed by atoms with Gasteiger partial charge in [0.05, 0.1) is 13.5 Å². The van der Waals surface area contributed by atoms with Crippen molar-refractivity contribution in [3.8, 4) is 5.75 Å². The van der Waals surface area contributed by atoms with E-state index in [0.717, 1.165) is 5.69 Å². The number of methoxy groups -OCH3 is 1. The molecule has 1 aromatic rings. The van der Waals surface area contributed by atoms with Crippen LogP contribution in [0.15, 0.2) is 24.3 Å². The number of carboxylic acid groups (broad SMARTS) is 1. The molecule has 6 nitrogen and oxygen atoms in total. The van der Waals surface area contributed by atoms with Crippen molar-refractivity contribution in [1.82, 2.24) is 4.90 Å². The molecule has 1 N–H and O–H groups in total. The molecule has 6 heteroatoms. The molecule has 1 fully saturated rings. The summed E-state index contributed by atoms with van der Waals surface area (Å²) in [5, 5.41) is 8.69. The van der Waals surface area contributed by atoms with Crippen LogP contribution in [-0.2, 0) is 4.79 Å². The van der Waals surface area contributed by atoms with Crippen LogP contribution in [0.5, 0.6) is 5.75 Å². The molecule has 1 saturated heterocycles. The summed E-state index contributed by atoms with van der Waals surface area (Å²) < 4.78 is 5.13. The summed E-state index contributed by atoms with van der Waals surface area (Å²) in [7, 11) is 3.27. The monoisotopic (exact) mass is 278 g/mol. The molecule has 0 aliphatic carbocycles. The zero-order chi connectivity index (χ0) is 14.7. The molecule has 0 unspecified atom stereocenters. The first-order chi connectivity index (χ1) is 9.51. The predicted molar refractivity (Wildman–Crippen MR) is 74.1 cm³/mol. The number of aliphatic carboxylic acids is 1. The van der Waals surface area contributed by atoms with Crippen LogP contribution in [0.3, 0.4) is 0 Å². The number of nitrogens with zero attached hydrogens (tertiary/aromatic N) is 2. The van der Waals surface area contributed by atoms with Gasteiger partial charge in [0.1, 0.15) is 5.75 Å². The fraction of sp³-hybridized carbons (Fsp3) is 0.429. The highest BCUT2D eigenvalue weighted by Crippen LogP contribution is 2.24. The number of carbonyl (C=O) groups excluding carboxylic acids is 1. The highest BCUT2D eigenvalue weighted by Gasteiger charge is 2.33. The number of carbonyl (C=O) groups is 2. The number of hydrogen-bond donors (Lipinski definition) is 1. The van der Waals surface area contributed by atoms with Gasteiger partial charge in [-0.2, -0.15) is 0 Å². The van der Waals surface area contributed by atoms with Gasteiger partial charge < -0.3 is 14.7 Å². The number of carboxylic acids is 1. The molecule has 2 rings (SSSR count). The van der Waals surface area contributed by atoms with Crippen molar-refractivity contribution in [3.05, 3.63) is 24.3 Å². The van der Waals surface area contributed by atoms with Gasteiger partial charge in [0.25, 0.3) is 0 Å². The van der Waals surface area contributed by atoms with Crippen molar-refractivity contribution >= 4 is 17.7 Å². The minimum absolute atomic E-state index is 0.0650. The Morgan fingerprint density at radius 1 is 1.45 bits per heavy atom. The highest BCUT2D eigenvalue weighted by atomic mass is 16.5. The Hall–Kier alpha value is -2.24. The van der Waals surface area contributed by atoms with E-state index >= 15 is 0 Å². The summed E-state index contributed by atoms with van der Waals surface area (Å²) in [4.78, 5) is 26.0. The van der Waals surface area contributed by atoms with Crippen LogP contribution in [0.1, 0.15) is 6.42 Å². The maximum absolute atomic E-state index is 12.2. The van der Waals surface area contributed by atoms with Crippen LogP contribution in [0.25, 0.3) is 0 Å². The second-order valence-corrected chi connectivity index (χ2v) is 4.91. The minimum Gasteiger partial charge on any atom is -0.497 e. The van der Waals surface area contributed by atoms with Crippen molar-refractivity contribution in [2.75, 3.05) is 32.1 Å². The lowest BCUT2D eigenvalue weighted by molar-refractivity contribution is -0.139. The molecule has 1 aliphatic rings. The summed E-state index contributed by atoms with van der Waals surface area (Å²) in [6.07, 6.45) is 0.118. The largest absolute Gasteiger partial charge is 0.497 e. The molecule has 0 aromatic heterocycles. The van der Waals surface area contributed by atoms with E-state index in [9.17, 15) is 9.59 Å². The van der Waals surface area contributed by atoms with E-state index in [-0.39, 0.29) is 18.4 Å². The summed E-state index contributed by atoms with van der Waals surface area (Å²) in [5.74, 6) is -0.0621. The van der Waals surface area contributed by atoms with Gasteiger partial charge in [0.15, 0.2) is 0 Å². The SMILES string of the molecule is COc1cccc(N(C)C(=O)N2CC(CC(=O)O)C2)c1. The molecular formula is C14H18N2O4. The number of rotatable bonds is 4. The number of amides is 2. The van der Waals surface area contributed by atoms with Crippen molar-refractivity contribution in [3.63, 3.8) is 0 Å². The number of ether oxygens (including phenoxy) is 1. The van der Waals surface area contributed by atoms with Gasteiger partial charge in [0, 0.05) is 37.8 Å². The summed E-state index contributed by atoms with van der Waals surface area (Å²) in [6.45, 7) is 0.999. The number of hydrogen-bond acceptors (Lipinski definition) is 3. The lowest BCUT2D eigenvalue weighted by Crippen LogP contribution is -2.54. The Balaban J connectivity index is 1.94. The number of benzene rings is 1. The number of urea groups is 1. The van der Waals surface area contributed by atoms with Gasteiger partial charge in [-0.3, -0.25) is 9.69 Å². The lowest BCUT2D eigenvalue weighted by atomic mass is 9.97. The van der Waals surface area contributed by atoms with Gasteiger partial charge in [-0.25, -0.2) is 4.79 Å². The minimum atomic E-state index is -0.816. The topological polar surface area (TPSA) is 70.1 Å². The molecule has 1 heterocycles. The predicted octanol–water partition coefficient (Wildman–Crippen LogP) is 1.66. The summed E-state index contributed by atoms with van der Waals surface area (Å²) in [5.41, 5.74) is 0.746. The smallest absolute Gasteiger partial charge is 0.324 e. The summed E-state index contributed by atoms with van der Waals surface area (Å²) >= 11 is 0.